The fourth-order valence-corrected chi connectivity index (χ4v) is 17.0. The van der Waals surface area contributed by atoms with Gasteiger partial charge in [0.1, 0.15) is 96.1 Å². The molecule has 0 aliphatic carbocycles. The lowest BCUT2D eigenvalue weighted by Gasteiger charge is -2.42. The SMILES string of the molecule is CC(=O)N[C@@H](Cc1ccccc1)C(=O)N[C@@H](CCC(=O)O)C(=O)N[C@@H](Cc1c[nH]c2ccccc12)C(=O)N[C@H](C(=O)N1CCC[C@H]1C(=O)NCC(=O)N[C@@H](Cc1c[nH]c2ccccc12)C(=O)N[C@@H](Cc1ccc(O)cc1)C(=O)N[C@@H](CCC(N)=O)C(=O)N1CC[C@H]1C(=O)N[C@@H](Cc1ccc(O)cc1)C(=O)N[C@@H](C)C(=O)N[C@@H](CC(C)C)C(=O)N1CCC[C@H]1C(=O)N[C@@H](CC(C)C)C(N)=O)[C@@H](C)O.CC(=O)O. The molecule has 0 radical (unpaired) electrons. The van der Waals surface area contributed by atoms with E-state index in [0.29, 0.717) is 56.0 Å². The maximum atomic E-state index is 15.2. The number of phenolic OH excluding ortho intramolecular Hbond substituents is 2. The standard InChI is InChI=1S/C96H123N19O22.C2H4O2/c1-51(2)41-69(83(98)124)107-92(133)77-24-16-38-113(77)95(136)75(42-52(3)4)111-84(125)53(5)102-86(127)71(44-57-25-29-61(118)30-26-57)110-93(134)78-37-40-115(78)94(135)68(33-35-79(97)120)106-88(129)72(45-58-27-31-62(119)32-28-58)108-89(130)73(46-59-48-99-65-21-13-11-19-63(59)65)104-80(121)50-101-91(132)76-23-15-39-114(76)96(137)82(54(6)116)112-90(131)74(47-60-49-100-66-22-14-12-20-64(60)66)109-85(126)67(34-36-81(122)123)105-87(128)70(103-55(7)117)43-56-17-9-8-10-18-56;1-2(3)4/h8-14,17-22,25-32,48-49,51-54,67-78,82,99-100,116,118-119H,15-16,23-24,33-47,50H2,1-7H3,(H2,97,120)(H2,98,124)(H,101,132)(H,102,127)(H,103,117)(H,104,121)(H,105,128)(H,106,129)(H,107,133)(H,108,130)(H,109,126)(H,110,134)(H,111,125)(H,112,131)(H,122,123);1H3,(H,3,4)/t53-,54+,67-,68-,69-,70-,71-,72-,73-,74-,75-,76-,77-,78-,82-;/m0./s1. The number of amides is 17. The van der Waals surface area contributed by atoms with E-state index in [-0.39, 0.29) is 114 Å². The minimum Gasteiger partial charge on any atom is -0.508 e. The Labute approximate surface area is 812 Å². The first-order valence-corrected chi connectivity index (χ1v) is 46.8. The van der Waals surface area contributed by atoms with Gasteiger partial charge in [-0.15, -0.1) is 0 Å². The zero-order valence-electron chi connectivity index (χ0n) is 79.7. The molecule has 17 amide bonds. The number of likely N-dealkylation sites (tertiary alicyclic amines) is 3. The van der Waals surface area contributed by atoms with Gasteiger partial charge in [-0.3, -0.25) is 91.1 Å². The number of hydrogen-bond acceptors (Lipinski definition) is 22. The number of carbonyl (C=O) groups excluding carboxylic acids is 17. The van der Waals surface area contributed by atoms with Crippen LogP contribution in [-0.2, 0) is 123 Å². The van der Waals surface area contributed by atoms with Crippen molar-refractivity contribution in [1.82, 2.24) is 88.5 Å². The number of aromatic nitrogens is 2. The van der Waals surface area contributed by atoms with Crippen LogP contribution in [0.1, 0.15) is 154 Å². The molecule has 2 aromatic heterocycles. The van der Waals surface area contributed by atoms with Crippen molar-refractivity contribution >= 4 is 134 Å². The molecule has 0 saturated carbocycles. The third-order valence-electron chi connectivity index (χ3n) is 24.2. The van der Waals surface area contributed by atoms with Gasteiger partial charge in [0.25, 0.3) is 5.97 Å². The summed E-state index contributed by atoms with van der Waals surface area (Å²) in [5.74, 6) is -17.3. The van der Waals surface area contributed by atoms with Crippen molar-refractivity contribution in [3.8, 4) is 11.5 Å². The van der Waals surface area contributed by atoms with Crippen LogP contribution < -0.4 is 75.3 Å². The number of rotatable bonds is 48. The number of aromatic amines is 2. The highest BCUT2D eigenvalue weighted by molar-refractivity contribution is 6.02. The normalized spacial score (nSPS) is 16.9. The summed E-state index contributed by atoms with van der Waals surface area (Å²) < 4.78 is 0. The maximum Gasteiger partial charge on any atom is 0.303 e. The molecule has 3 saturated heterocycles. The number of nitrogens with zero attached hydrogens (tertiary/aromatic N) is 3. The fourth-order valence-electron chi connectivity index (χ4n) is 17.0. The van der Waals surface area contributed by atoms with Gasteiger partial charge in [0.15, 0.2) is 0 Å². The highest BCUT2D eigenvalue weighted by Crippen LogP contribution is 2.28. The Balaban J connectivity index is 0.00000544. The van der Waals surface area contributed by atoms with Crippen molar-refractivity contribution in [2.24, 2.45) is 23.3 Å². The Hall–Kier alpha value is -15.3. The number of nitrogens with one attached hydrogen (secondary N) is 14. The van der Waals surface area contributed by atoms with Crippen LogP contribution in [0.3, 0.4) is 0 Å². The molecule has 23 N–H and O–H groups in total. The first-order valence-electron chi connectivity index (χ1n) is 46.8. The number of benzene rings is 5. The number of aliphatic carboxylic acids is 2. The van der Waals surface area contributed by atoms with Gasteiger partial charge in [-0.25, -0.2) is 0 Å². The number of carbonyl (C=O) groups is 19. The number of fused-ring (bicyclic) bond motifs is 2. The number of hydrogen-bond donors (Lipinski definition) is 21. The van der Waals surface area contributed by atoms with Crippen molar-refractivity contribution < 1.29 is 117 Å². The average molecular weight is 1960 g/mol. The number of aliphatic hydroxyl groups is 1. The first kappa shape index (κ1) is 109. The minimum absolute atomic E-state index is 0.00337. The second kappa shape index (κ2) is 51.9. The van der Waals surface area contributed by atoms with Gasteiger partial charge in [0.05, 0.1) is 12.6 Å². The monoisotopic (exact) mass is 1950 g/mol. The third kappa shape index (κ3) is 32.4. The molecule has 10 rings (SSSR count). The van der Waals surface area contributed by atoms with Gasteiger partial charge in [0.2, 0.25) is 100 Å². The van der Waals surface area contributed by atoms with Crippen LogP contribution in [-0.4, -0.2) is 279 Å². The Morgan fingerprint density at radius 2 is 0.787 bits per heavy atom. The molecule has 43 heteroatoms. The van der Waals surface area contributed by atoms with Crippen molar-refractivity contribution in [1.29, 1.82) is 0 Å². The molecule has 0 spiro atoms. The summed E-state index contributed by atoms with van der Waals surface area (Å²) in [5, 5.41) is 81.9. The summed E-state index contributed by atoms with van der Waals surface area (Å²) in [4.78, 5) is 272. The van der Waals surface area contributed by atoms with Gasteiger partial charge < -0.3 is 125 Å². The van der Waals surface area contributed by atoms with Gasteiger partial charge >= 0.3 is 5.97 Å². The fraction of sp³-hybridized carbons (Fsp3) is 0.459. The van der Waals surface area contributed by atoms with Gasteiger partial charge in [-0.2, -0.15) is 0 Å². The van der Waals surface area contributed by atoms with Crippen LogP contribution >= 0.6 is 0 Å². The topological polar surface area (TPSA) is 663 Å². The molecule has 141 heavy (non-hydrogen) atoms. The Kier molecular flexibility index (Phi) is 40.2. The highest BCUT2D eigenvalue weighted by Gasteiger charge is 2.46. The van der Waals surface area contributed by atoms with E-state index in [9.17, 15) is 92.3 Å². The van der Waals surface area contributed by atoms with Crippen LogP contribution in [0.15, 0.2) is 140 Å². The van der Waals surface area contributed by atoms with E-state index in [2.05, 4.69) is 73.8 Å². The lowest BCUT2D eigenvalue weighted by molar-refractivity contribution is -0.151. The van der Waals surface area contributed by atoms with Crippen molar-refractivity contribution in [2.45, 2.75) is 249 Å². The van der Waals surface area contributed by atoms with Crippen molar-refractivity contribution in [3.05, 3.63) is 168 Å². The second-order valence-corrected chi connectivity index (χ2v) is 36.4. The molecule has 5 aromatic carbocycles. The number of primary amides is 2. The highest BCUT2D eigenvalue weighted by atomic mass is 16.4. The lowest BCUT2D eigenvalue weighted by Crippen LogP contribution is -2.65. The summed E-state index contributed by atoms with van der Waals surface area (Å²) in [6.07, 6.45) is -0.484. The van der Waals surface area contributed by atoms with E-state index in [4.69, 9.17) is 21.4 Å². The summed E-state index contributed by atoms with van der Waals surface area (Å²) in [7, 11) is 0. The number of aromatic hydroxyl groups is 2. The molecule has 0 unspecified atom stereocenters. The summed E-state index contributed by atoms with van der Waals surface area (Å²) in [5.41, 5.74) is 14.9. The van der Waals surface area contributed by atoms with E-state index < -0.39 is 235 Å². The summed E-state index contributed by atoms with van der Waals surface area (Å²) in [6, 6.07) is 13.8. The van der Waals surface area contributed by atoms with Gasteiger partial charge in [-0.05, 0) is 148 Å². The number of carboxylic acids is 2. The predicted molar refractivity (Wildman–Crippen MR) is 511 cm³/mol. The van der Waals surface area contributed by atoms with Crippen LogP contribution in [0.2, 0.25) is 0 Å². The Bertz CT molecular complexity index is 5650. The zero-order chi connectivity index (χ0) is 103. The number of para-hydroxylation sites is 2. The largest absolute Gasteiger partial charge is 0.508 e. The van der Waals surface area contributed by atoms with Crippen LogP contribution in [0.25, 0.3) is 21.8 Å². The molecular weight excluding hydrogens is 1830 g/mol. The molecule has 15 atom stereocenters. The Morgan fingerprint density at radius 1 is 0.397 bits per heavy atom. The van der Waals surface area contributed by atoms with Crippen LogP contribution in [0.5, 0.6) is 11.5 Å². The molecule has 5 heterocycles. The van der Waals surface area contributed by atoms with Crippen molar-refractivity contribution in [3.63, 3.8) is 0 Å². The molecular formula is C98H127N19O24. The lowest BCUT2D eigenvalue weighted by atomic mass is 9.97. The third-order valence-corrected chi connectivity index (χ3v) is 24.2. The molecule has 758 valence electrons. The number of aliphatic hydroxyl groups excluding tert-OH is 1. The molecule has 3 aliphatic rings. The number of nitrogens with two attached hydrogens (primary N) is 2. The molecule has 3 aliphatic heterocycles. The van der Waals surface area contributed by atoms with E-state index in [0.717, 1.165) is 16.7 Å². The van der Waals surface area contributed by atoms with E-state index in [1.807, 2.05) is 27.7 Å². The molecule has 3 fully saturated rings. The van der Waals surface area contributed by atoms with Crippen LogP contribution in [0, 0.1) is 11.8 Å². The Morgan fingerprint density at radius 3 is 1.27 bits per heavy atom. The smallest absolute Gasteiger partial charge is 0.303 e. The molecule has 7 aromatic rings. The second-order valence-electron chi connectivity index (χ2n) is 36.4. The molecule has 0 bridgehead atoms. The predicted octanol–water partition coefficient (Wildman–Crippen LogP) is -0.175. The summed E-state index contributed by atoms with van der Waals surface area (Å²) >= 11 is 0. The van der Waals surface area contributed by atoms with E-state index in [1.54, 1.807) is 91.3 Å². The number of H-pyrrole nitrogens is 2. The number of phenols is 2. The van der Waals surface area contributed by atoms with E-state index in [1.165, 1.54) is 74.2 Å². The number of carboxylic acid groups (broad SMARTS) is 2. The average Bonchev–Trinajstić information content (AvgIpc) is 0.986. The first-order chi connectivity index (χ1) is 66.9. The summed E-state index contributed by atoms with van der Waals surface area (Å²) in [6.45, 7) is 11.3. The molecule has 43 nitrogen and oxygen atoms in total. The zero-order valence-corrected chi connectivity index (χ0v) is 79.7. The van der Waals surface area contributed by atoms with Gasteiger partial charge in [-0.1, -0.05) is 119 Å². The van der Waals surface area contributed by atoms with Crippen molar-refractivity contribution in [2.75, 3.05) is 26.2 Å². The quantitative estimate of drug-likeness (QED) is 0.0235. The maximum absolute atomic E-state index is 15.2. The van der Waals surface area contributed by atoms with Crippen LogP contribution in [0.4, 0.5) is 0 Å². The minimum atomic E-state index is -1.81. The van der Waals surface area contributed by atoms with E-state index >= 15 is 14.4 Å². The van der Waals surface area contributed by atoms with Gasteiger partial charge in [0, 0.05) is 113 Å².